The summed E-state index contributed by atoms with van der Waals surface area (Å²) in [6.07, 6.45) is 5.22. The molecule has 1 saturated heterocycles. The molecule has 118 valence electrons. The van der Waals surface area contributed by atoms with Gasteiger partial charge < -0.3 is 15.7 Å². The molecule has 0 spiro atoms. The third-order valence-electron chi connectivity index (χ3n) is 3.77. The van der Waals surface area contributed by atoms with E-state index in [0.29, 0.717) is 18.6 Å². The minimum absolute atomic E-state index is 0.181. The minimum Gasteiger partial charge on any atom is -0.395 e. The standard InChI is InChI=1S/C13H26N2O4S/c1-3-10-5-4-6-11(15-10)8-14-12(9-16)7-13(17)20(2,18)19/h10-12,14-16H,3-9H2,1-2H3. The Morgan fingerprint density at radius 3 is 2.60 bits per heavy atom. The molecule has 1 heterocycles. The summed E-state index contributed by atoms with van der Waals surface area (Å²) >= 11 is 0. The molecule has 3 atom stereocenters. The third-order valence-corrected chi connectivity index (χ3v) is 4.76. The minimum atomic E-state index is -3.67. The first-order chi connectivity index (χ1) is 9.36. The van der Waals surface area contributed by atoms with Crippen molar-refractivity contribution in [2.45, 2.75) is 57.2 Å². The molecule has 1 aliphatic heterocycles. The van der Waals surface area contributed by atoms with Crippen LogP contribution in [0.5, 0.6) is 0 Å². The molecule has 7 heteroatoms. The summed E-state index contributed by atoms with van der Waals surface area (Å²) in [5.41, 5.74) is 0. The fourth-order valence-electron chi connectivity index (χ4n) is 2.46. The molecular weight excluding hydrogens is 280 g/mol. The molecule has 6 nitrogen and oxygen atoms in total. The number of piperidine rings is 1. The van der Waals surface area contributed by atoms with E-state index < -0.39 is 21.0 Å². The van der Waals surface area contributed by atoms with E-state index >= 15 is 0 Å². The van der Waals surface area contributed by atoms with E-state index in [-0.39, 0.29) is 13.0 Å². The van der Waals surface area contributed by atoms with Gasteiger partial charge in [0.25, 0.3) is 0 Å². The van der Waals surface area contributed by atoms with Gasteiger partial charge in [0.15, 0.2) is 0 Å². The average molecular weight is 306 g/mol. The smallest absolute Gasteiger partial charge is 0.247 e. The zero-order chi connectivity index (χ0) is 15.2. The van der Waals surface area contributed by atoms with Crippen molar-refractivity contribution in [3.63, 3.8) is 0 Å². The maximum absolute atomic E-state index is 11.4. The molecule has 0 radical (unpaired) electrons. The Labute approximate surface area is 121 Å². The molecule has 0 bridgehead atoms. The monoisotopic (exact) mass is 306 g/mol. The molecule has 0 saturated carbocycles. The van der Waals surface area contributed by atoms with Crippen molar-refractivity contribution in [2.24, 2.45) is 0 Å². The zero-order valence-electron chi connectivity index (χ0n) is 12.3. The Morgan fingerprint density at radius 2 is 2.05 bits per heavy atom. The molecule has 0 aromatic rings. The number of hydrogen-bond acceptors (Lipinski definition) is 6. The Balaban J connectivity index is 2.39. The highest BCUT2D eigenvalue weighted by molar-refractivity contribution is 8.05. The summed E-state index contributed by atoms with van der Waals surface area (Å²) < 4.78 is 22.2. The highest BCUT2D eigenvalue weighted by atomic mass is 32.2. The topological polar surface area (TPSA) is 95.5 Å². The number of carbonyl (C=O) groups excluding carboxylic acids is 1. The van der Waals surface area contributed by atoms with Crippen LogP contribution in [-0.4, -0.2) is 56.2 Å². The van der Waals surface area contributed by atoms with Crippen molar-refractivity contribution in [1.29, 1.82) is 0 Å². The molecule has 1 rings (SSSR count). The largest absolute Gasteiger partial charge is 0.395 e. The summed E-state index contributed by atoms with van der Waals surface area (Å²) in [4.78, 5) is 11.4. The number of rotatable bonds is 7. The first-order valence-electron chi connectivity index (χ1n) is 7.20. The van der Waals surface area contributed by atoms with Crippen LogP contribution in [-0.2, 0) is 14.6 Å². The molecule has 1 fully saturated rings. The highest BCUT2D eigenvalue weighted by Gasteiger charge is 2.23. The maximum atomic E-state index is 11.4. The number of nitrogens with one attached hydrogen (secondary N) is 2. The van der Waals surface area contributed by atoms with Crippen molar-refractivity contribution in [3.8, 4) is 0 Å². The summed E-state index contributed by atoms with van der Waals surface area (Å²) in [7, 11) is -3.67. The Kier molecular flexibility index (Phi) is 7.08. The van der Waals surface area contributed by atoms with E-state index in [9.17, 15) is 18.3 Å². The van der Waals surface area contributed by atoms with Gasteiger partial charge in [-0.2, -0.15) is 0 Å². The third kappa shape index (κ3) is 5.87. The van der Waals surface area contributed by atoms with Gasteiger partial charge in [0, 0.05) is 37.3 Å². The molecular formula is C13H26N2O4S. The second kappa shape index (κ2) is 8.07. The van der Waals surface area contributed by atoms with Crippen LogP contribution < -0.4 is 10.6 Å². The van der Waals surface area contributed by atoms with Gasteiger partial charge in [-0.25, -0.2) is 8.42 Å². The fraction of sp³-hybridized carbons (Fsp3) is 0.923. The second-order valence-electron chi connectivity index (χ2n) is 5.54. The van der Waals surface area contributed by atoms with Crippen LogP contribution in [0.2, 0.25) is 0 Å². The van der Waals surface area contributed by atoms with Gasteiger partial charge in [-0.05, 0) is 19.3 Å². The molecule has 3 unspecified atom stereocenters. The quantitative estimate of drug-likeness (QED) is 0.604. The number of hydrogen-bond donors (Lipinski definition) is 3. The van der Waals surface area contributed by atoms with Gasteiger partial charge in [-0.3, -0.25) is 4.79 Å². The molecule has 3 N–H and O–H groups in total. The highest BCUT2D eigenvalue weighted by Crippen LogP contribution is 2.14. The summed E-state index contributed by atoms with van der Waals surface area (Å²) in [5, 5.41) is 15.0. The van der Waals surface area contributed by atoms with E-state index in [1.54, 1.807) is 0 Å². The summed E-state index contributed by atoms with van der Waals surface area (Å²) in [6.45, 7) is 2.54. The fourth-order valence-corrected chi connectivity index (χ4v) is 2.96. The molecule has 20 heavy (non-hydrogen) atoms. The molecule has 0 aromatic heterocycles. The first kappa shape index (κ1) is 17.6. The van der Waals surface area contributed by atoms with E-state index in [2.05, 4.69) is 17.6 Å². The molecule has 1 aliphatic rings. The van der Waals surface area contributed by atoms with Gasteiger partial charge in [0.1, 0.15) is 0 Å². The zero-order valence-corrected chi connectivity index (χ0v) is 13.1. The van der Waals surface area contributed by atoms with Crippen molar-refractivity contribution < 1.29 is 18.3 Å². The van der Waals surface area contributed by atoms with Gasteiger partial charge >= 0.3 is 0 Å². The van der Waals surface area contributed by atoms with Crippen LogP contribution in [0, 0.1) is 0 Å². The van der Waals surface area contributed by atoms with E-state index in [1.807, 2.05) is 0 Å². The van der Waals surface area contributed by atoms with E-state index in [0.717, 1.165) is 19.1 Å². The SMILES string of the molecule is CCC1CCCC(CNC(CO)CC(=O)S(C)(=O)=O)N1. The number of sulfone groups is 1. The van der Waals surface area contributed by atoms with Crippen molar-refractivity contribution >= 4 is 15.0 Å². The van der Waals surface area contributed by atoms with Crippen LogP contribution in [0.4, 0.5) is 0 Å². The predicted octanol–water partition coefficient (Wildman–Crippen LogP) is -0.181. The number of carbonyl (C=O) groups is 1. The van der Waals surface area contributed by atoms with Gasteiger partial charge in [0.05, 0.1) is 6.61 Å². The lowest BCUT2D eigenvalue weighted by Gasteiger charge is -2.31. The lowest BCUT2D eigenvalue weighted by molar-refractivity contribution is -0.112. The number of aliphatic hydroxyl groups is 1. The van der Waals surface area contributed by atoms with Gasteiger partial charge in [-0.15, -0.1) is 0 Å². The average Bonchev–Trinajstić information content (AvgIpc) is 2.42. The lowest BCUT2D eigenvalue weighted by atomic mass is 9.97. The van der Waals surface area contributed by atoms with Crippen molar-refractivity contribution in [2.75, 3.05) is 19.4 Å². The lowest BCUT2D eigenvalue weighted by Crippen LogP contribution is -2.50. The second-order valence-corrected chi connectivity index (χ2v) is 7.54. The van der Waals surface area contributed by atoms with Gasteiger partial charge in [-0.1, -0.05) is 13.3 Å². The Bertz CT molecular complexity index is 411. The van der Waals surface area contributed by atoms with Crippen LogP contribution in [0.1, 0.15) is 39.0 Å². The number of aliphatic hydroxyl groups excluding tert-OH is 1. The summed E-state index contributed by atoms with van der Waals surface area (Å²) in [5.74, 6) is 0. The maximum Gasteiger partial charge on any atom is 0.247 e. The van der Waals surface area contributed by atoms with Crippen molar-refractivity contribution in [3.05, 3.63) is 0 Å². The summed E-state index contributed by atoms with van der Waals surface area (Å²) in [6, 6.07) is 0.345. The van der Waals surface area contributed by atoms with Crippen LogP contribution in [0.3, 0.4) is 0 Å². The molecule has 0 amide bonds. The van der Waals surface area contributed by atoms with Crippen LogP contribution in [0.15, 0.2) is 0 Å². The first-order valence-corrected chi connectivity index (χ1v) is 9.09. The Morgan fingerprint density at radius 1 is 1.40 bits per heavy atom. The Hall–Kier alpha value is -0.500. The normalized spacial score (nSPS) is 25.4. The van der Waals surface area contributed by atoms with E-state index in [4.69, 9.17) is 0 Å². The van der Waals surface area contributed by atoms with E-state index in [1.165, 1.54) is 12.8 Å². The predicted molar refractivity (Wildman–Crippen MR) is 78.2 cm³/mol. The van der Waals surface area contributed by atoms with Crippen molar-refractivity contribution in [1.82, 2.24) is 10.6 Å². The van der Waals surface area contributed by atoms with Crippen LogP contribution >= 0.6 is 0 Å². The van der Waals surface area contributed by atoms with Crippen LogP contribution in [0.25, 0.3) is 0 Å². The molecule has 0 aliphatic carbocycles. The van der Waals surface area contributed by atoms with Gasteiger partial charge in [0.2, 0.25) is 15.0 Å². The molecule has 0 aromatic carbocycles.